The average molecular weight is 345 g/mol. The van der Waals surface area contributed by atoms with Crippen LogP contribution in [-0.2, 0) is 19.5 Å². The minimum absolute atomic E-state index is 0. The number of para-hydroxylation sites is 2. The Labute approximate surface area is 135 Å². The van der Waals surface area contributed by atoms with E-state index in [4.69, 9.17) is 0 Å². The summed E-state index contributed by atoms with van der Waals surface area (Å²) in [6, 6.07) is 18.0. The summed E-state index contributed by atoms with van der Waals surface area (Å²) in [6.45, 7) is 0. The van der Waals surface area contributed by atoms with Crippen LogP contribution in [0.4, 0.5) is 16.2 Å². The van der Waals surface area contributed by atoms with Crippen molar-refractivity contribution in [3.8, 4) is 0 Å². The van der Waals surface area contributed by atoms with E-state index in [0.717, 1.165) is 0 Å². The maximum atomic E-state index is 11.2. The smallest absolute Gasteiger partial charge is 0.416 e. The molecule has 6 heteroatoms. The maximum Gasteiger partial charge on any atom is 0.416 e. The number of hydrogen-bond acceptors (Lipinski definition) is 3. The van der Waals surface area contributed by atoms with Crippen molar-refractivity contribution in [2.24, 2.45) is 0 Å². The summed E-state index contributed by atoms with van der Waals surface area (Å²) in [5, 5.41) is 9.21. The second kappa shape index (κ2) is 9.90. The van der Waals surface area contributed by atoms with Crippen molar-refractivity contribution in [1.29, 1.82) is 0 Å². The number of hydrogen-bond donors (Lipinski definition) is 3. The summed E-state index contributed by atoms with van der Waals surface area (Å²) in [6.07, 6.45) is -0.989. The maximum absolute atomic E-state index is 11.2. The molecule has 3 nitrogen and oxygen atoms in total. The normalized spacial score (nSPS) is 8.53. The van der Waals surface area contributed by atoms with E-state index in [2.05, 4.69) is 23.3 Å². The van der Waals surface area contributed by atoms with E-state index in [1.807, 2.05) is 36.4 Å². The Hall–Kier alpha value is -0.967. The van der Waals surface area contributed by atoms with Crippen LogP contribution in [0.5, 0.6) is 0 Å². The summed E-state index contributed by atoms with van der Waals surface area (Å²) in [4.78, 5) is 12.5. The monoisotopic (exact) mass is 343 g/mol. The first kappa shape index (κ1) is 18.0. The van der Waals surface area contributed by atoms with Gasteiger partial charge in [0.25, 0.3) is 0 Å². The van der Waals surface area contributed by atoms with E-state index in [1.165, 1.54) is 4.90 Å². The standard InChI is InChI=1S/C13H11NO2.H2S2.Zn/c15-13(16)14(11-7-3-1-4-8-11)12-9-5-2-6-10-12;1-2;/h1-10H,(H,15,16);1-2H;. The predicted octanol–water partition coefficient (Wildman–Crippen LogP) is 4.26. The van der Waals surface area contributed by atoms with Crippen molar-refractivity contribution in [2.45, 2.75) is 0 Å². The fraction of sp³-hybridized carbons (Fsp3) is 0. The van der Waals surface area contributed by atoms with Gasteiger partial charge >= 0.3 is 6.09 Å². The van der Waals surface area contributed by atoms with Crippen LogP contribution < -0.4 is 4.90 Å². The Balaban J connectivity index is 0.00000103. The Morgan fingerprint density at radius 2 is 1.16 bits per heavy atom. The van der Waals surface area contributed by atoms with Crippen molar-refractivity contribution in [3.63, 3.8) is 0 Å². The molecule has 2 rings (SSSR count). The van der Waals surface area contributed by atoms with Gasteiger partial charge in [0.1, 0.15) is 0 Å². The van der Waals surface area contributed by atoms with Crippen LogP contribution in [0.1, 0.15) is 0 Å². The molecular weight excluding hydrogens is 332 g/mol. The molecule has 0 unspecified atom stereocenters. The van der Waals surface area contributed by atoms with Gasteiger partial charge < -0.3 is 5.11 Å². The topological polar surface area (TPSA) is 40.5 Å². The van der Waals surface area contributed by atoms with Gasteiger partial charge in [-0.3, -0.25) is 0 Å². The molecule has 0 aliphatic carbocycles. The fourth-order valence-corrected chi connectivity index (χ4v) is 1.52. The zero-order valence-corrected chi connectivity index (χ0v) is 14.9. The number of nitrogens with zero attached hydrogens (tertiary/aromatic N) is 1. The summed E-state index contributed by atoms with van der Waals surface area (Å²) >= 11 is 6.44. The van der Waals surface area contributed by atoms with Crippen LogP contribution in [0.25, 0.3) is 0 Å². The second-order valence-electron chi connectivity index (χ2n) is 3.29. The van der Waals surface area contributed by atoms with Gasteiger partial charge in [0.05, 0.1) is 11.4 Å². The van der Waals surface area contributed by atoms with Crippen molar-refractivity contribution in [3.05, 3.63) is 60.7 Å². The van der Waals surface area contributed by atoms with E-state index in [1.54, 1.807) is 24.3 Å². The Bertz CT molecular complexity index is 443. The third-order valence-electron chi connectivity index (χ3n) is 2.22. The third kappa shape index (κ3) is 5.27. The predicted molar refractivity (Wildman–Crippen MR) is 81.0 cm³/mol. The number of carboxylic acid groups (broad SMARTS) is 1. The molecule has 0 saturated carbocycles. The Kier molecular flexibility index (Phi) is 9.39. The summed E-state index contributed by atoms with van der Waals surface area (Å²) in [5.74, 6) is 0. The second-order valence-corrected chi connectivity index (χ2v) is 3.29. The van der Waals surface area contributed by atoms with Crippen molar-refractivity contribution in [2.75, 3.05) is 4.90 Å². The molecule has 0 radical (unpaired) electrons. The number of amides is 1. The van der Waals surface area contributed by atoms with Crippen LogP contribution >= 0.6 is 23.3 Å². The molecule has 0 heterocycles. The summed E-state index contributed by atoms with van der Waals surface area (Å²) in [7, 11) is 0. The quantitative estimate of drug-likeness (QED) is 0.433. The van der Waals surface area contributed by atoms with Crippen molar-refractivity contribution >= 4 is 40.8 Å². The number of carbonyl (C=O) groups is 1. The van der Waals surface area contributed by atoms with Crippen LogP contribution in [0.3, 0.4) is 0 Å². The minimum Gasteiger partial charge on any atom is -0.464 e. The molecule has 0 aromatic heterocycles. The van der Waals surface area contributed by atoms with Crippen molar-refractivity contribution in [1.82, 2.24) is 0 Å². The molecule has 1 amide bonds. The van der Waals surface area contributed by atoms with Gasteiger partial charge in [-0.1, -0.05) is 36.4 Å². The molecule has 1 N–H and O–H groups in total. The molecule has 2 aromatic carbocycles. The first-order valence-electron chi connectivity index (χ1n) is 5.12. The fourth-order valence-electron chi connectivity index (χ4n) is 1.52. The van der Waals surface area contributed by atoms with Gasteiger partial charge in [0.15, 0.2) is 0 Å². The minimum atomic E-state index is -0.989. The van der Waals surface area contributed by atoms with Gasteiger partial charge in [0.2, 0.25) is 0 Å². The van der Waals surface area contributed by atoms with Crippen LogP contribution in [0, 0.1) is 0 Å². The van der Waals surface area contributed by atoms with Gasteiger partial charge in [-0.25, -0.2) is 9.69 Å². The third-order valence-corrected chi connectivity index (χ3v) is 2.22. The van der Waals surface area contributed by atoms with Gasteiger partial charge in [0, 0.05) is 19.5 Å². The summed E-state index contributed by atoms with van der Waals surface area (Å²) < 4.78 is 0. The van der Waals surface area contributed by atoms with Gasteiger partial charge in [-0.2, -0.15) is 0 Å². The van der Waals surface area contributed by atoms with Gasteiger partial charge in [-0.05, 0) is 24.3 Å². The SMILES string of the molecule is O=C(O)N(c1ccccc1)c1ccccc1.SS.[Zn]. The van der Waals surface area contributed by atoms with Crippen LogP contribution in [0.2, 0.25) is 0 Å². The Morgan fingerprint density at radius 1 is 0.842 bits per heavy atom. The van der Waals surface area contributed by atoms with E-state index in [9.17, 15) is 9.90 Å². The average Bonchev–Trinajstić information content (AvgIpc) is 2.43. The summed E-state index contributed by atoms with van der Waals surface area (Å²) in [5.41, 5.74) is 1.28. The molecule has 0 fully saturated rings. The Morgan fingerprint density at radius 3 is 1.42 bits per heavy atom. The molecular formula is C13H13NO2S2Zn. The molecule has 0 aliphatic rings. The van der Waals surface area contributed by atoms with Crippen LogP contribution in [0.15, 0.2) is 60.7 Å². The molecule has 0 saturated heterocycles. The van der Waals surface area contributed by atoms with Gasteiger partial charge in [-0.15, -0.1) is 23.3 Å². The number of rotatable bonds is 2. The van der Waals surface area contributed by atoms with Crippen LogP contribution in [-0.4, -0.2) is 11.2 Å². The number of anilines is 2. The van der Waals surface area contributed by atoms with E-state index < -0.39 is 6.09 Å². The molecule has 19 heavy (non-hydrogen) atoms. The van der Waals surface area contributed by atoms with E-state index >= 15 is 0 Å². The molecule has 2 aromatic rings. The van der Waals surface area contributed by atoms with Crippen molar-refractivity contribution < 1.29 is 29.4 Å². The first-order valence-corrected chi connectivity index (χ1v) is 6.72. The molecule has 96 valence electrons. The largest absolute Gasteiger partial charge is 0.464 e. The molecule has 0 bridgehead atoms. The zero-order valence-electron chi connectivity index (χ0n) is 10.2. The number of benzene rings is 2. The number of thiol groups is 2. The zero-order chi connectivity index (χ0) is 13.4. The first-order chi connectivity index (χ1) is 8.79. The molecule has 0 aliphatic heterocycles. The molecule has 0 spiro atoms. The molecule has 0 atom stereocenters. The van der Waals surface area contributed by atoms with E-state index in [0.29, 0.717) is 11.4 Å². The van der Waals surface area contributed by atoms with E-state index in [-0.39, 0.29) is 19.5 Å².